The van der Waals surface area contributed by atoms with Gasteiger partial charge >= 0.3 is 5.97 Å². The lowest BCUT2D eigenvalue weighted by atomic mass is 10.1. The Labute approximate surface area is 139 Å². The molecule has 0 spiro atoms. The molecular weight excluding hydrogens is 306 g/mol. The maximum Gasteiger partial charge on any atom is 0.323 e. The van der Waals surface area contributed by atoms with E-state index in [1.165, 1.54) is 10.9 Å². The van der Waals surface area contributed by atoms with Crippen LogP contribution in [0.5, 0.6) is 0 Å². The summed E-state index contributed by atoms with van der Waals surface area (Å²) in [6.07, 6.45) is 5.72. The predicted molar refractivity (Wildman–Crippen MR) is 93.3 cm³/mol. The second kappa shape index (κ2) is 6.86. The molecule has 3 aromatic rings. The zero-order valence-electron chi connectivity index (χ0n) is 13.7. The maximum atomic E-state index is 13.0. The van der Waals surface area contributed by atoms with Crippen LogP contribution in [0.25, 0.3) is 21.9 Å². The summed E-state index contributed by atoms with van der Waals surface area (Å²) in [7, 11) is 0. The Balaban J connectivity index is 2.17. The van der Waals surface area contributed by atoms with Gasteiger partial charge in [-0.05, 0) is 12.5 Å². The molecule has 0 unspecified atom stereocenters. The third-order valence-electron chi connectivity index (χ3n) is 4.28. The molecule has 0 atom stereocenters. The smallest absolute Gasteiger partial charge is 0.323 e. The van der Waals surface area contributed by atoms with Crippen LogP contribution in [0.1, 0.15) is 32.6 Å². The number of aromatic nitrogens is 3. The van der Waals surface area contributed by atoms with Crippen LogP contribution in [0.3, 0.4) is 0 Å². The van der Waals surface area contributed by atoms with Crippen molar-refractivity contribution in [3.63, 3.8) is 0 Å². The number of aliphatic carboxylic acids is 1. The van der Waals surface area contributed by atoms with E-state index in [9.17, 15) is 9.59 Å². The summed E-state index contributed by atoms with van der Waals surface area (Å²) in [5, 5.41) is 9.94. The van der Waals surface area contributed by atoms with E-state index < -0.39 is 5.97 Å². The van der Waals surface area contributed by atoms with Crippen LogP contribution >= 0.6 is 0 Å². The summed E-state index contributed by atoms with van der Waals surface area (Å²) in [5.41, 5.74) is 1.62. The second-order valence-corrected chi connectivity index (χ2v) is 6.00. The number of hydrogen-bond acceptors (Lipinski definition) is 3. The molecule has 1 aromatic carbocycles. The lowest BCUT2D eigenvalue weighted by Gasteiger charge is -2.12. The fourth-order valence-electron chi connectivity index (χ4n) is 3.13. The molecule has 3 rings (SSSR count). The number of aryl methyl sites for hydroxylation is 1. The molecule has 0 aliphatic carbocycles. The molecule has 0 amide bonds. The Morgan fingerprint density at radius 3 is 2.75 bits per heavy atom. The Hall–Kier alpha value is -2.63. The largest absolute Gasteiger partial charge is 0.480 e. The van der Waals surface area contributed by atoms with Gasteiger partial charge in [-0.3, -0.25) is 9.59 Å². The summed E-state index contributed by atoms with van der Waals surface area (Å²) in [6.45, 7) is 2.52. The fraction of sp³-hybridized carbons (Fsp3) is 0.389. The highest BCUT2D eigenvalue weighted by atomic mass is 16.4. The molecule has 0 radical (unpaired) electrons. The number of carboxylic acids is 1. The molecule has 0 saturated heterocycles. The summed E-state index contributed by atoms with van der Waals surface area (Å²) in [6, 6.07) is 7.66. The molecule has 24 heavy (non-hydrogen) atoms. The normalized spacial score (nSPS) is 11.4. The topological polar surface area (TPSA) is 77.1 Å². The van der Waals surface area contributed by atoms with Crippen LogP contribution in [-0.4, -0.2) is 25.2 Å². The van der Waals surface area contributed by atoms with E-state index in [0.717, 1.165) is 36.6 Å². The molecule has 6 nitrogen and oxygen atoms in total. The molecule has 1 N–H and O–H groups in total. The predicted octanol–water partition coefficient (Wildman–Crippen LogP) is 3.02. The van der Waals surface area contributed by atoms with Crippen LogP contribution in [-0.2, 0) is 17.9 Å². The number of hydrogen-bond donors (Lipinski definition) is 1. The van der Waals surface area contributed by atoms with Crippen LogP contribution < -0.4 is 5.56 Å². The van der Waals surface area contributed by atoms with Crippen molar-refractivity contribution in [3.05, 3.63) is 40.9 Å². The minimum atomic E-state index is -0.989. The molecule has 0 bridgehead atoms. The molecule has 0 fully saturated rings. The van der Waals surface area contributed by atoms with Gasteiger partial charge in [-0.15, -0.1) is 0 Å². The van der Waals surface area contributed by atoms with Gasteiger partial charge in [0.2, 0.25) is 0 Å². The number of para-hydroxylation sites is 1. The average Bonchev–Trinajstić information content (AvgIpc) is 2.97. The molecule has 126 valence electrons. The lowest BCUT2D eigenvalue weighted by molar-refractivity contribution is -0.137. The number of nitrogens with zero attached hydrogens (tertiary/aromatic N) is 3. The highest BCUT2D eigenvalue weighted by Crippen LogP contribution is 2.22. The number of unbranched alkanes of at least 4 members (excludes halogenated alkanes) is 3. The molecule has 0 aliphatic rings. The SMILES string of the molecule is CCCCCCn1c(=O)c2c(ncn2CC(=O)O)c2ccccc21. The molecule has 0 aliphatic heterocycles. The number of imidazole rings is 1. The lowest BCUT2D eigenvalue weighted by Crippen LogP contribution is -2.23. The minimum absolute atomic E-state index is 0.168. The summed E-state index contributed by atoms with van der Waals surface area (Å²) < 4.78 is 3.18. The zero-order valence-corrected chi connectivity index (χ0v) is 13.7. The first-order valence-electron chi connectivity index (χ1n) is 8.31. The van der Waals surface area contributed by atoms with Gasteiger partial charge in [-0.25, -0.2) is 4.98 Å². The number of rotatable bonds is 7. The first-order valence-corrected chi connectivity index (χ1v) is 8.31. The van der Waals surface area contributed by atoms with E-state index in [1.54, 1.807) is 4.57 Å². The zero-order chi connectivity index (χ0) is 17.1. The van der Waals surface area contributed by atoms with E-state index in [4.69, 9.17) is 5.11 Å². The fourth-order valence-corrected chi connectivity index (χ4v) is 3.13. The molecule has 0 saturated carbocycles. The van der Waals surface area contributed by atoms with Gasteiger partial charge in [0.05, 0.1) is 11.8 Å². The first kappa shape index (κ1) is 16.2. The van der Waals surface area contributed by atoms with E-state index >= 15 is 0 Å². The van der Waals surface area contributed by atoms with Gasteiger partial charge < -0.3 is 14.2 Å². The van der Waals surface area contributed by atoms with E-state index in [2.05, 4.69) is 11.9 Å². The molecule has 2 heterocycles. The van der Waals surface area contributed by atoms with Crippen molar-refractivity contribution in [2.24, 2.45) is 0 Å². The summed E-state index contributed by atoms with van der Waals surface area (Å²) in [5.74, 6) is -0.989. The van der Waals surface area contributed by atoms with Crippen LogP contribution in [0.4, 0.5) is 0 Å². The van der Waals surface area contributed by atoms with Crippen molar-refractivity contribution in [2.45, 2.75) is 45.7 Å². The van der Waals surface area contributed by atoms with Crippen molar-refractivity contribution >= 4 is 27.9 Å². The van der Waals surface area contributed by atoms with Gasteiger partial charge in [0.25, 0.3) is 5.56 Å². The quantitative estimate of drug-likeness (QED) is 0.677. The number of pyridine rings is 1. The number of carboxylic acid groups (broad SMARTS) is 1. The van der Waals surface area contributed by atoms with Gasteiger partial charge in [0.15, 0.2) is 0 Å². The van der Waals surface area contributed by atoms with Crippen LogP contribution in [0.15, 0.2) is 35.4 Å². The van der Waals surface area contributed by atoms with Crippen molar-refractivity contribution in [2.75, 3.05) is 0 Å². The van der Waals surface area contributed by atoms with Gasteiger partial charge in [-0.1, -0.05) is 44.4 Å². The monoisotopic (exact) mass is 327 g/mol. The minimum Gasteiger partial charge on any atom is -0.480 e. The second-order valence-electron chi connectivity index (χ2n) is 6.00. The third kappa shape index (κ3) is 2.91. The Bertz CT molecular complexity index is 940. The molecule has 2 aromatic heterocycles. The van der Waals surface area contributed by atoms with E-state index in [1.807, 2.05) is 24.3 Å². The maximum absolute atomic E-state index is 13.0. The molecule has 6 heteroatoms. The first-order chi connectivity index (χ1) is 11.6. The third-order valence-corrected chi connectivity index (χ3v) is 4.28. The van der Waals surface area contributed by atoms with Crippen molar-refractivity contribution in [1.82, 2.24) is 14.1 Å². The van der Waals surface area contributed by atoms with Crippen LogP contribution in [0.2, 0.25) is 0 Å². The van der Waals surface area contributed by atoms with Gasteiger partial charge in [-0.2, -0.15) is 0 Å². The van der Waals surface area contributed by atoms with Gasteiger partial charge in [0, 0.05) is 11.9 Å². The van der Waals surface area contributed by atoms with Crippen molar-refractivity contribution in [1.29, 1.82) is 0 Å². The van der Waals surface area contributed by atoms with Gasteiger partial charge in [0.1, 0.15) is 17.6 Å². The Morgan fingerprint density at radius 1 is 1.21 bits per heavy atom. The van der Waals surface area contributed by atoms with Crippen molar-refractivity contribution in [3.8, 4) is 0 Å². The van der Waals surface area contributed by atoms with E-state index in [-0.39, 0.29) is 12.1 Å². The summed E-state index contributed by atoms with van der Waals surface area (Å²) in [4.78, 5) is 28.3. The summed E-state index contributed by atoms with van der Waals surface area (Å²) >= 11 is 0. The number of fused-ring (bicyclic) bond motifs is 3. The van der Waals surface area contributed by atoms with Crippen LogP contribution in [0, 0.1) is 0 Å². The Kier molecular flexibility index (Phi) is 4.64. The number of benzene rings is 1. The molecular formula is C18H21N3O3. The number of carbonyl (C=O) groups is 1. The average molecular weight is 327 g/mol. The van der Waals surface area contributed by atoms with E-state index in [0.29, 0.717) is 17.6 Å². The standard InChI is InChI=1S/C18H21N3O3/c1-2-3-4-7-10-21-14-9-6-5-8-13(14)16-17(18(21)24)20(12-19-16)11-15(22)23/h5-6,8-9,12H,2-4,7,10-11H2,1H3,(H,22,23). The Morgan fingerprint density at radius 2 is 2.00 bits per heavy atom. The van der Waals surface area contributed by atoms with Crippen molar-refractivity contribution < 1.29 is 9.90 Å². The highest BCUT2D eigenvalue weighted by molar-refractivity contribution is 6.02. The highest BCUT2D eigenvalue weighted by Gasteiger charge is 2.16.